The van der Waals surface area contributed by atoms with Gasteiger partial charge in [-0.15, -0.1) is 0 Å². The molecule has 52 heavy (non-hydrogen) atoms. The minimum atomic E-state index is -1.84. The van der Waals surface area contributed by atoms with Crippen LogP contribution < -0.4 is 4.74 Å². The first-order chi connectivity index (χ1) is 24.6. The Hall–Kier alpha value is -7.10. The Morgan fingerprint density at radius 2 is 1.13 bits per heavy atom. The van der Waals surface area contributed by atoms with E-state index in [0.717, 1.165) is 54.6 Å². The van der Waals surface area contributed by atoms with Crippen LogP contribution in [0.5, 0.6) is 46.0 Å². The largest absolute Gasteiger partial charge is 0.504 e. The topological polar surface area (TPSA) is 278 Å². The van der Waals surface area contributed by atoms with Crippen molar-refractivity contribution < 1.29 is 79.3 Å². The predicted molar refractivity (Wildman–Crippen MR) is 175 cm³/mol. The van der Waals surface area contributed by atoms with Gasteiger partial charge in [-0.25, -0.2) is 14.4 Å². The van der Waals surface area contributed by atoms with E-state index in [1.54, 1.807) is 0 Å². The number of aliphatic carboxylic acids is 2. The molecule has 16 nitrogen and oxygen atoms in total. The highest BCUT2D eigenvalue weighted by atomic mass is 16.6. The van der Waals surface area contributed by atoms with E-state index in [1.165, 1.54) is 24.3 Å². The number of hydrogen-bond donors (Lipinski definition) is 9. The van der Waals surface area contributed by atoms with Crippen LogP contribution in [0.4, 0.5) is 0 Å². The van der Waals surface area contributed by atoms with Gasteiger partial charge in [-0.3, -0.25) is 4.79 Å². The number of rotatable bonds is 12. The molecule has 0 amide bonds. The van der Waals surface area contributed by atoms with Gasteiger partial charge in [-0.05, 0) is 70.8 Å². The Labute approximate surface area is 292 Å². The smallest absolute Gasteiger partial charge is 0.345 e. The van der Waals surface area contributed by atoms with E-state index in [4.69, 9.17) is 14.2 Å². The molecule has 4 aromatic rings. The zero-order chi connectivity index (χ0) is 37.9. The minimum Gasteiger partial charge on any atom is -0.504 e. The highest BCUT2D eigenvalue weighted by molar-refractivity contribution is 5.92. The maximum Gasteiger partial charge on any atom is 0.345 e. The quantitative estimate of drug-likeness (QED) is 0.0577. The van der Waals surface area contributed by atoms with E-state index in [2.05, 4.69) is 0 Å². The van der Waals surface area contributed by atoms with Gasteiger partial charge >= 0.3 is 23.9 Å². The summed E-state index contributed by atoms with van der Waals surface area (Å²) in [5.74, 6) is -10.8. The van der Waals surface area contributed by atoms with Gasteiger partial charge in [0.2, 0.25) is 12.2 Å². The summed E-state index contributed by atoms with van der Waals surface area (Å²) in [5.41, 5.74) is 0.445. The number of ether oxygens (including phenoxy) is 3. The summed E-state index contributed by atoms with van der Waals surface area (Å²) in [6, 6.07) is 13.0. The van der Waals surface area contributed by atoms with E-state index in [1.807, 2.05) is 0 Å². The van der Waals surface area contributed by atoms with Crippen molar-refractivity contribution >= 4 is 30.0 Å². The summed E-state index contributed by atoms with van der Waals surface area (Å²) < 4.78 is 16.5. The molecule has 9 N–H and O–H groups in total. The highest BCUT2D eigenvalue weighted by Crippen LogP contribution is 2.53. The van der Waals surface area contributed by atoms with E-state index in [0.29, 0.717) is 0 Å². The number of phenolic OH excluding ortho intramolecular Hbond substituents is 7. The molecular weight excluding hydrogens is 688 g/mol. The van der Waals surface area contributed by atoms with Crippen molar-refractivity contribution in [3.8, 4) is 46.0 Å². The predicted octanol–water partition coefficient (Wildman–Crippen LogP) is 3.33. The molecule has 0 unspecified atom stereocenters. The molecule has 0 fully saturated rings. The zero-order valence-corrected chi connectivity index (χ0v) is 26.6. The van der Waals surface area contributed by atoms with Gasteiger partial charge in [0.25, 0.3) is 0 Å². The van der Waals surface area contributed by atoms with Gasteiger partial charge in [-0.2, -0.15) is 0 Å². The summed E-state index contributed by atoms with van der Waals surface area (Å²) in [6.07, 6.45) is -3.85. The van der Waals surface area contributed by atoms with Crippen LogP contribution in [0.1, 0.15) is 39.8 Å². The molecule has 5 rings (SSSR count). The van der Waals surface area contributed by atoms with Crippen molar-refractivity contribution in [2.24, 2.45) is 0 Å². The van der Waals surface area contributed by atoms with E-state index in [9.17, 15) is 65.1 Å². The Bertz CT molecular complexity index is 2090. The van der Waals surface area contributed by atoms with Gasteiger partial charge in [0.15, 0.2) is 46.0 Å². The standard InChI is InChI=1S/C36H30O16/c37-20-6-1-16(11-24(20)41)13-27(34(45)46)50-29(44)10-5-18-3-9-23(40)33-30(18)31(32(52-33)19-4-8-22(39)26(43)15-19)36(49)51-28(35(47)48)14-17-2-7-21(38)25(42)12-17/h1-12,15,27-28,31-32,37-43H,13-14H2,(H,45,46)(H,47,48)/b10-5-/t27-,28+,31+,32+/m1/s1. The molecule has 0 saturated heterocycles. The van der Waals surface area contributed by atoms with Crippen molar-refractivity contribution in [3.63, 3.8) is 0 Å². The number of fused-ring (bicyclic) bond motifs is 1. The zero-order valence-electron chi connectivity index (χ0n) is 26.6. The molecule has 4 atom stereocenters. The molecule has 0 spiro atoms. The van der Waals surface area contributed by atoms with Crippen LogP contribution in [0.2, 0.25) is 0 Å². The van der Waals surface area contributed by atoms with Crippen molar-refractivity contribution in [1.29, 1.82) is 0 Å². The van der Waals surface area contributed by atoms with Gasteiger partial charge < -0.3 is 60.2 Å². The fraction of sp³-hybridized carbons (Fsp3) is 0.167. The van der Waals surface area contributed by atoms with Crippen molar-refractivity contribution in [3.05, 3.63) is 101 Å². The fourth-order valence-corrected chi connectivity index (χ4v) is 5.49. The Morgan fingerprint density at radius 3 is 1.65 bits per heavy atom. The van der Waals surface area contributed by atoms with Crippen LogP contribution in [0, 0.1) is 0 Å². The number of benzene rings is 4. The number of esters is 2. The second-order valence-electron chi connectivity index (χ2n) is 11.6. The van der Waals surface area contributed by atoms with E-state index < -0.39 is 94.8 Å². The second kappa shape index (κ2) is 14.8. The lowest BCUT2D eigenvalue weighted by Crippen LogP contribution is -2.33. The first kappa shape index (κ1) is 36.2. The second-order valence-corrected chi connectivity index (χ2v) is 11.6. The Balaban J connectivity index is 1.47. The van der Waals surface area contributed by atoms with Crippen LogP contribution in [0.15, 0.2) is 72.8 Å². The summed E-state index contributed by atoms with van der Waals surface area (Å²) in [5, 5.41) is 89.1. The van der Waals surface area contributed by atoms with Gasteiger partial charge in [0.1, 0.15) is 12.0 Å². The number of carbonyl (C=O) groups is 4. The average Bonchev–Trinajstić information content (AvgIpc) is 3.50. The summed E-state index contributed by atoms with van der Waals surface area (Å²) >= 11 is 0. The van der Waals surface area contributed by atoms with Crippen molar-refractivity contribution in [1.82, 2.24) is 0 Å². The molecule has 1 aliphatic heterocycles. The van der Waals surface area contributed by atoms with Crippen LogP contribution in [0.3, 0.4) is 0 Å². The van der Waals surface area contributed by atoms with Gasteiger partial charge in [-0.1, -0.05) is 24.3 Å². The number of hydrogen-bond acceptors (Lipinski definition) is 14. The van der Waals surface area contributed by atoms with E-state index >= 15 is 0 Å². The molecule has 0 aliphatic carbocycles. The Kier molecular flexibility index (Phi) is 10.3. The SMILES string of the molecule is O=C(/C=C\c1ccc(O)c2c1[C@H](C(=O)O[C@@H](Cc1ccc(O)c(O)c1)C(=O)O)[C@H](c1ccc(O)c(O)c1)O2)O[C@H](Cc1ccc(O)c(O)c1)C(=O)O. The first-order valence-corrected chi connectivity index (χ1v) is 15.2. The number of carbonyl (C=O) groups excluding carboxylic acids is 2. The number of carboxylic acids is 2. The number of aromatic hydroxyl groups is 7. The third kappa shape index (κ3) is 7.86. The summed E-state index contributed by atoms with van der Waals surface area (Å²) in [4.78, 5) is 50.9. The van der Waals surface area contributed by atoms with Crippen molar-refractivity contribution in [2.75, 3.05) is 0 Å². The average molecular weight is 719 g/mol. The normalized spacial score (nSPS) is 16.0. The number of phenols is 7. The summed E-state index contributed by atoms with van der Waals surface area (Å²) in [7, 11) is 0. The molecule has 0 bridgehead atoms. The fourth-order valence-electron chi connectivity index (χ4n) is 5.49. The molecule has 16 heteroatoms. The molecule has 4 aromatic carbocycles. The molecule has 1 heterocycles. The molecular formula is C36H30O16. The lowest BCUT2D eigenvalue weighted by atomic mass is 9.87. The molecule has 0 radical (unpaired) electrons. The maximum atomic E-state index is 13.9. The van der Waals surface area contributed by atoms with Crippen LogP contribution in [-0.4, -0.2) is 82.0 Å². The Morgan fingerprint density at radius 1 is 0.635 bits per heavy atom. The minimum absolute atomic E-state index is 0.0443. The lowest BCUT2D eigenvalue weighted by Gasteiger charge is -2.22. The van der Waals surface area contributed by atoms with Gasteiger partial charge in [0, 0.05) is 24.5 Å². The highest BCUT2D eigenvalue weighted by Gasteiger charge is 2.46. The van der Waals surface area contributed by atoms with Crippen LogP contribution in [-0.2, 0) is 41.5 Å². The van der Waals surface area contributed by atoms with Crippen LogP contribution >= 0.6 is 0 Å². The molecule has 0 saturated carbocycles. The third-order valence-electron chi connectivity index (χ3n) is 8.04. The molecule has 0 aromatic heterocycles. The molecule has 270 valence electrons. The lowest BCUT2D eigenvalue weighted by molar-refractivity contribution is -0.166. The van der Waals surface area contributed by atoms with Crippen molar-refractivity contribution in [2.45, 2.75) is 37.1 Å². The monoisotopic (exact) mass is 718 g/mol. The van der Waals surface area contributed by atoms with E-state index in [-0.39, 0.29) is 40.0 Å². The third-order valence-corrected chi connectivity index (χ3v) is 8.04. The number of carboxylic acid groups (broad SMARTS) is 2. The van der Waals surface area contributed by atoms with Gasteiger partial charge in [0.05, 0.1) is 0 Å². The molecule has 1 aliphatic rings. The maximum absolute atomic E-state index is 13.9. The first-order valence-electron chi connectivity index (χ1n) is 15.2. The summed E-state index contributed by atoms with van der Waals surface area (Å²) in [6.45, 7) is 0. The van der Waals surface area contributed by atoms with Crippen LogP contribution in [0.25, 0.3) is 6.08 Å².